The average molecular weight is 374 g/mol. The summed E-state index contributed by atoms with van der Waals surface area (Å²) in [6.45, 7) is 5.78. The van der Waals surface area contributed by atoms with Crippen LogP contribution in [0.5, 0.6) is 0 Å². The van der Waals surface area contributed by atoms with Crippen molar-refractivity contribution in [3.05, 3.63) is 11.6 Å². The molecule has 0 aromatic rings. The maximum atomic E-state index is 16.2. The summed E-state index contributed by atoms with van der Waals surface area (Å²) >= 11 is 0. The van der Waals surface area contributed by atoms with Crippen molar-refractivity contribution >= 4 is 11.8 Å². The highest BCUT2D eigenvalue weighted by atomic mass is 19.1. The van der Waals surface area contributed by atoms with Gasteiger partial charge in [-0.05, 0) is 79.6 Å². The van der Waals surface area contributed by atoms with Crippen LogP contribution in [0.15, 0.2) is 11.6 Å². The lowest BCUT2D eigenvalue weighted by Crippen LogP contribution is -2.57. The Balaban J connectivity index is 1.50. The van der Waals surface area contributed by atoms with Crippen molar-refractivity contribution in [1.82, 2.24) is 0 Å². The Hall–Kier alpha value is -1.19. The van der Waals surface area contributed by atoms with E-state index in [0.29, 0.717) is 48.2 Å². The number of alkyl halides is 1. The van der Waals surface area contributed by atoms with E-state index in [9.17, 15) is 9.59 Å². The molecule has 0 heterocycles. The molecule has 4 fully saturated rings. The largest absolute Gasteiger partial charge is 0.462 e. The van der Waals surface area contributed by atoms with Crippen LogP contribution >= 0.6 is 0 Å². The number of fused-ring (bicyclic) bond motifs is 3. The minimum absolute atomic E-state index is 0.0774. The van der Waals surface area contributed by atoms with Crippen molar-refractivity contribution in [2.24, 2.45) is 40.4 Å². The molecule has 0 radical (unpaired) electrons. The molecule has 0 aliphatic heterocycles. The fourth-order valence-corrected chi connectivity index (χ4v) is 8.44. The van der Waals surface area contributed by atoms with Crippen LogP contribution < -0.4 is 0 Å². The maximum absolute atomic E-state index is 16.2. The number of halogens is 1. The maximum Gasteiger partial charge on any atom is 0.302 e. The summed E-state index contributed by atoms with van der Waals surface area (Å²) in [5, 5.41) is 0. The normalized spacial score (nSPS) is 52.8. The number of hydrogen-bond acceptors (Lipinski definition) is 3. The Bertz CT molecular complexity index is 744. The average Bonchev–Trinajstić information content (AvgIpc) is 3.25. The first-order valence-corrected chi connectivity index (χ1v) is 10.8. The molecule has 27 heavy (non-hydrogen) atoms. The van der Waals surface area contributed by atoms with Gasteiger partial charge >= 0.3 is 5.97 Å². The molecule has 0 N–H and O–H groups in total. The number of allylic oxidation sites excluding steroid dienone is 1. The zero-order valence-electron chi connectivity index (χ0n) is 16.7. The highest BCUT2D eigenvalue weighted by molar-refractivity contribution is 5.91. The zero-order valence-corrected chi connectivity index (χ0v) is 16.7. The Morgan fingerprint density at radius 3 is 2.85 bits per heavy atom. The summed E-state index contributed by atoms with van der Waals surface area (Å²) < 4.78 is 21.4. The SMILES string of the molecule is CC(=O)OCC1(F)CC2CC23[C@@H]2C(C)CC4=CC(=O)CC[C@@H]4[C@H]2CC[C@]13C. The van der Waals surface area contributed by atoms with Gasteiger partial charge in [0.15, 0.2) is 11.5 Å². The fraction of sp³-hybridized carbons (Fsp3) is 0.826. The van der Waals surface area contributed by atoms with E-state index < -0.39 is 5.67 Å². The van der Waals surface area contributed by atoms with Gasteiger partial charge in [-0.1, -0.05) is 19.4 Å². The fourth-order valence-electron chi connectivity index (χ4n) is 8.44. The molecule has 0 aromatic carbocycles. The Kier molecular flexibility index (Phi) is 3.61. The quantitative estimate of drug-likeness (QED) is 0.661. The summed E-state index contributed by atoms with van der Waals surface area (Å²) in [5.74, 6) is 2.53. The third kappa shape index (κ3) is 2.13. The zero-order chi connectivity index (χ0) is 19.2. The van der Waals surface area contributed by atoms with Crippen LogP contribution in [0.2, 0.25) is 0 Å². The van der Waals surface area contributed by atoms with Crippen LogP contribution in [0.1, 0.15) is 65.7 Å². The Labute approximate surface area is 161 Å². The van der Waals surface area contributed by atoms with E-state index in [1.54, 1.807) is 0 Å². The van der Waals surface area contributed by atoms with Gasteiger partial charge in [0, 0.05) is 18.8 Å². The van der Waals surface area contributed by atoms with Gasteiger partial charge in [0.05, 0.1) is 0 Å². The van der Waals surface area contributed by atoms with Crippen molar-refractivity contribution in [3.8, 4) is 0 Å². The van der Waals surface area contributed by atoms with Crippen molar-refractivity contribution in [1.29, 1.82) is 0 Å². The molecular weight excluding hydrogens is 343 g/mol. The number of hydrogen-bond donors (Lipinski definition) is 0. The molecule has 5 aliphatic carbocycles. The van der Waals surface area contributed by atoms with Gasteiger partial charge in [-0.2, -0.15) is 0 Å². The van der Waals surface area contributed by atoms with Crippen LogP contribution in [-0.2, 0) is 14.3 Å². The van der Waals surface area contributed by atoms with Gasteiger partial charge in [-0.25, -0.2) is 4.39 Å². The third-order valence-corrected chi connectivity index (χ3v) is 9.49. The number of rotatable bonds is 2. The molecule has 4 heteroatoms. The number of ether oxygens (including phenoxy) is 1. The molecule has 4 unspecified atom stereocenters. The highest BCUT2D eigenvalue weighted by Gasteiger charge is 2.82. The Morgan fingerprint density at radius 2 is 2.11 bits per heavy atom. The molecule has 0 saturated heterocycles. The first-order chi connectivity index (χ1) is 12.7. The van der Waals surface area contributed by atoms with E-state index in [1.807, 2.05) is 6.08 Å². The van der Waals surface area contributed by atoms with Gasteiger partial charge < -0.3 is 4.74 Å². The minimum atomic E-state index is -1.38. The lowest BCUT2D eigenvalue weighted by atomic mass is 9.46. The van der Waals surface area contributed by atoms with E-state index >= 15 is 4.39 Å². The van der Waals surface area contributed by atoms with Crippen LogP contribution in [-0.4, -0.2) is 24.0 Å². The molecule has 8 atom stereocenters. The second-order valence-corrected chi connectivity index (χ2v) is 10.5. The van der Waals surface area contributed by atoms with Crippen molar-refractivity contribution in [3.63, 3.8) is 0 Å². The van der Waals surface area contributed by atoms with E-state index in [0.717, 1.165) is 32.1 Å². The number of ketones is 1. The smallest absolute Gasteiger partial charge is 0.302 e. The first-order valence-electron chi connectivity index (χ1n) is 10.8. The van der Waals surface area contributed by atoms with E-state index in [4.69, 9.17) is 4.74 Å². The van der Waals surface area contributed by atoms with Crippen molar-refractivity contribution in [2.75, 3.05) is 6.61 Å². The highest BCUT2D eigenvalue weighted by Crippen LogP contribution is 2.85. The number of carbonyl (C=O) groups excluding carboxylic acids is 2. The Morgan fingerprint density at radius 1 is 1.33 bits per heavy atom. The monoisotopic (exact) mass is 374 g/mol. The lowest BCUT2D eigenvalue weighted by Gasteiger charge is -2.59. The molecule has 0 bridgehead atoms. The van der Waals surface area contributed by atoms with Gasteiger partial charge in [0.25, 0.3) is 0 Å². The number of carbonyl (C=O) groups is 2. The second kappa shape index (κ2) is 5.45. The predicted molar refractivity (Wildman–Crippen MR) is 99.5 cm³/mol. The molecule has 5 rings (SSSR count). The van der Waals surface area contributed by atoms with Crippen LogP contribution in [0, 0.1) is 40.4 Å². The summed E-state index contributed by atoms with van der Waals surface area (Å²) in [7, 11) is 0. The summed E-state index contributed by atoms with van der Waals surface area (Å²) in [4.78, 5) is 23.3. The van der Waals surface area contributed by atoms with Gasteiger partial charge in [0.1, 0.15) is 6.61 Å². The predicted octanol–water partition coefficient (Wildman–Crippen LogP) is 4.65. The van der Waals surface area contributed by atoms with E-state index in [2.05, 4.69) is 13.8 Å². The van der Waals surface area contributed by atoms with Gasteiger partial charge in [0.2, 0.25) is 0 Å². The molecule has 5 aliphatic rings. The summed E-state index contributed by atoms with van der Waals surface area (Å²) in [5.41, 5.74) is -0.315. The van der Waals surface area contributed by atoms with Gasteiger partial charge in [-0.3, -0.25) is 9.59 Å². The molecule has 0 amide bonds. The summed E-state index contributed by atoms with van der Waals surface area (Å²) in [6, 6.07) is 0. The molecular formula is C23H31FO3. The van der Waals surface area contributed by atoms with Crippen molar-refractivity contribution in [2.45, 2.75) is 71.4 Å². The van der Waals surface area contributed by atoms with Crippen LogP contribution in [0.25, 0.3) is 0 Å². The topological polar surface area (TPSA) is 43.4 Å². The van der Waals surface area contributed by atoms with E-state index in [1.165, 1.54) is 12.5 Å². The summed E-state index contributed by atoms with van der Waals surface area (Å²) in [6.07, 6.45) is 8.24. The van der Waals surface area contributed by atoms with Gasteiger partial charge in [-0.15, -0.1) is 0 Å². The van der Waals surface area contributed by atoms with Crippen LogP contribution in [0.4, 0.5) is 4.39 Å². The van der Waals surface area contributed by atoms with Crippen LogP contribution in [0.3, 0.4) is 0 Å². The second-order valence-electron chi connectivity index (χ2n) is 10.5. The lowest BCUT2D eigenvalue weighted by molar-refractivity contribution is -0.162. The molecule has 0 aromatic heterocycles. The molecule has 4 saturated carbocycles. The van der Waals surface area contributed by atoms with Crippen molar-refractivity contribution < 1.29 is 18.7 Å². The minimum Gasteiger partial charge on any atom is -0.462 e. The third-order valence-electron chi connectivity index (χ3n) is 9.49. The molecule has 1 spiro atoms. The standard InChI is InChI=1S/C23H31FO3/c1-13-8-15-9-17(26)4-5-18(15)19-6-7-21(3)22(24,12-27-14(2)25)10-16-11-23(16,21)20(13)19/h9,13,16,18-20H,4-8,10-12H2,1-3H3/t13?,16?,18-,19+,20+,21+,22?,23?/m0/s1. The molecule has 3 nitrogen and oxygen atoms in total. The number of esters is 1. The molecule has 148 valence electrons. The van der Waals surface area contributed by atoms with E-state index in [-0.39, 0.29) is 23.4 Å². The first kappa shape index (κ1) is 17.9.